The number of hydrogen-bond acceptors (Lipinski definition) is 9. The summed E-state index contributed by atoms with van der Waals surface area (Å²) in [5, 5.41) is 12.0. The van der Waals surface area contributed by atoms with Crippen molar-refractivity contribution < 1.29 is 48.1 Å². The highest BCUT2D eigenvalue weighted by molar-refractivity contribution is 6.03. The third-order valence-electron chi connectivity index (χ3n) is 9.91. The van der Waals surface area contributed by atoms with Crippen LogP contribution in [0.25, 0.3) is 21.9 Å². The van der Waals surface area contributed by atoms with Crippen LogP contribution in [0, 0.1) is 0 Å². The summed E-state index contributed by atoms with van der Waals surface area (Å²) in [5.41, 5.74) is -0.882. The van der Waals surface area contributed by atoms with Crippen LogP contribution in [-0.4, -0.2) is 92.1 Å². The molecule has 54 heavy (non-hydrogen) atoms. The van der Waals surface area contributed by atoms with Crippen LogP contribution in [-0.2, 0) is 23.8 Å². The zero-order chi connectivity index (χ0) is 39.7. The van der Waals surface area contributed by atoms with Gasteiger partial charge in [0.25, 0.3) is 0 Å². The summed E-state index contributed by atoms with van der Waals surface area (Å²) in [6.07, 6.45) is -0.123. The van der Waals surface area contributed by atoms with Gasteiger partial charge < -0.3 is 19.3 Å². The second-order valence-corrected chi connectivity index (χ2v) is 16.4. The van der Waals surface area contributed by atoms with Gasteiger partial charge in [-0.05, 0) is 115 Å². The van der Waals surface area contributed by atoms with Crippen LogP contribution in [0.1, 0.15) is 108 Å². The molecule has 2 aliphatic heterocycles. The van der Waals surface area contributed by atoms with E-state index in [1.807, 2.05) is 25.1 Å². The normalized spacial score (nSPS) is 21.5. The Balaban J connectivity index is 1.24. The number of carbonyl (C=O) groups excluding carboxylic acids is 5. The van der Waals surface area contributed by atoms with Gasteiger partial charge in [-0.3, -0.25) is 19.4 Å². The molecule has 3 aromatic rings. The molecule has 0 radical (unpaired) electrons. The molecule has 1 N–H and O–H groups in total. The van der Waals surface area contributed by atoms with Crippen molar-refractivity contribution in [2.45, 2.75) is 122 Å². The van der Waals surface area contributed by atoms with Crippen molar-refractivity contribution in [2.24, 2.45) is 0 Å². The lowest BCUT2D eigenvalue weighted by molar-refractivity contribution is -0.150. The summed E-state index contributed by atoms with van der Waals surface area (Å²) in [5.74, 6) is -2.66. The Morgan fingerprint density at radius 3 is 1.91 bits per heavy atom. The number of nitrogens with zero attached hydrogens (tertiary/aromatic N) is 2. The number of carboxylic acids is 1. The molecule has 2 aliphatic rings. The Bertz CT molecular complexity index is 1960. The minimum Gasteiger partial charge on any atom is -0.479 e. The fraction of sp³-hybridized carbons (Fsp3) is 0.476. The number of Topliss-reactive ketones (excluding diaryl/α,β-unsaturated/α-hetero) is 2. The molecule has 0 bridgehead atoms. The van der Waals surface area contributed by atoms with Crippen LogP contribution in [0.2, 0.25) is 0 Å². The van der Waals surface area contributed by atoms with Crippen LogP contribution in [0.3, 0.4) is 0 Å². The van der Waals surface area contributed by atoms with Gasteiger partial charge in [-0.1, -0.05) is 48.5 Å². The molecule has 288 valence electrons. The molecular weight excluding hydrogens is 692 g/mol. The van der Waals surface area contributed by atoms with Gasteiger partial charge in [0, 0.05) is 29.6 Å². The Morgan fingerprint density at radius 1 is 0.704 bits per heavy atom. The van der Waals surface area contributed by atoms with E-state index in [9.17, 15) is 33.9 Å². The third-order valence-corrected chi connectivity index (χ3v) is 9.91. The lowest BCUT2D eigenvalue weighted by Gasteiger charge is -2.37. The lowest BCUT2D eigenvalue weighted by atomic mass is 9.87. The van der Waals surface area contributed by atoms with Gasteiger partial charge in [-0.25, -0.2) is 19.2 Å². The number of rotatable bonds is 9. The molecule has 0 aromatic heterocycles. The zero-order valence-corrected chi connectivity index (χ0v) is 32.3. The monoisotopic (exact) mass is 742 g/mol. The Hall–Kier alpha value is -5.26. The highest BCUT2D eigenvalue weighted by Crippen LogP contribution is 2.39. The van der Waals surface area contributed by atoms with Crippen molar-refractivity contribution in [1.29, 1.82) is 0 Å². The number of carboxylic acid groups (broad SMARTS) is 1. The SMILES string of the molecule is C[C@@H]1CC[C@@H](C(=O)OCC(=O)c2ccc3cc(-c4ccc(C(=O)C[C@@]5(C(=O)O)CC[C@@H](C)N5C(=O)OC(C)(C)C)cc4)ccc3c2)N1C(=O)OC(C)(C)C. The first-order chi connectivity index (χ1) is 25.2. The van der Waals surface area contributed by atoms with Crippen molar-refractivity contribution in [3.05, 3.63) is 71.8 Å². The molecule has 0 aliphatic carbocycles. The van der Waals surface area contributed by atoms with Crippen molar-refractivity contribution in [1.82, 2.24) is 9.80 Å². The number of hydrogen-bond donors (Lipinski definition) is 1. The topological polar surface area (TPSA) is 157 Å². The molecule has 2 heterocycles. The second kappa shape index (κ2) is 15.2. The van der Waals surface area contributed by atoms with Crippen molar-refractivity contribution in [2.75, 3.05) is 6.61 Å². The quantitative estimate of drug-likeness (QED) is 0.130. The van der Waals surface area contributed by atoms with E-state index in [4.69, 9.17) is 14.2 Å². The molecular formula is C42H50N2O10. The molecule has 12 nitrogen and oxygen atoms in total. The smallest absolute Gasteiger partial charge is 0.411 e. The molecule has 12 heteroatoms. The molecule has 2 saturated heterocycles. The molecule has 2 amide bonds. The molecule has 4 atom stereocenters. The van der Waals surface area contributed by atoms with Gasteiger partial charge in [-0.2, -0.15) is 0 Å². The van der Waals surface area contributed by atoms with Crippen LogP contribution >= 0.6 is 0 Å². The van der Waals surface area contributed by atoms with Crippen LogP contribution in [0.4, 0.5) is 9.59 Å². The maximum Gasteiger partial charge on any atom is 0.411 e. The van der Waals surface area contributed by atoms with Crippen molar-refractivity contribution in [3.63, 3.8) is 0 Å². The van der Waals surface area contributed by atoms with E-state index in [-0.39, 0.29) is 24.7 Å². The third kappa shape index (κ3) is 8.75. The van der Waals surface area contributed by atoms with Crippen LogP contribution < -0.4 is 0 Å². The Kier molecular flexibility index (Phi) is 11.3. The Labute approximate surface area is 315 Å². The second-order valence-electron chi connectivity index (χ2n) is 16.4. The van der Waals surface area contributed by atoms with Gasteiger partial charge in [0.2, 0.25) is 0 Å². The number of aliphatic carboxylic acids is 1. The van der Waals surface area contributed by atoms with Crippen LogP contribution in [0.5, 0.6) is 0 Å². The van der Waals surface area contributed by atoms with Crippen LogP contribution in [0.15, 0.2) is 60.7 Å². The van der Waals surface area contributed by atoms with Gasteiger partial charge in [-0.15, -0.1) is 0 Å². The maximum absolute atomic E-state index is 13.5. The average molecular weight is 743 g/mol. The molecule has 0 saturated carbocycles. The number of benzene rings is 3. The first kappa shape index (κ1) is 39.9. The van der Waals surface area contributed by atoms with Gasteiger partial charge in [0.1, 0.15) is 17.2 Å². The van der Waals surface area contributed by atoms with Gasteiger partial charge >= 0.3 is 24.1 Å². The Morgan fingerprint density at radius 2 is 1.28 bits per heavy atom. The van der Waals surface area contributed by atoms with E-state index < -0.39 is 65.3 Å². The minimum atomic E-state index is -1.71. The largest absolute Gasteiger partial charge is 0.479 e. The minimum absolute atomic E-state index is 0.135. The molecule has 2 fully saturated rings. The summed E-state index contributed by atoms with van der Waals surface area (Å²) >= 11 is 0. The summed E-state index contributed by atoms with van der Waals surface area (Å²) < 4.78 is 16.4. The fourth-order valence-corrected chi connectivity index (χ4v) is 7.21. The van der Waals surface area contributed by atoms with E-state index in [1.165, 1.54) is 9.80 Å². The van der Waals surface area contributed by atoms with E-state index >= 15 is 0 Å². The molecule has 0 spiro atoms. The number of ketones is 2. The average Bonchev–Trinajstić information content (AvgIpc) is 3.65. The number of carbonyl (C=O) groups is 6. The summed E-state index contributed by atoms with van der Waals surface area (Å²) in [6.45, 7) is 13.5. The number of esters is 1. The van der Waals surface area contributed by atoms with E-state index in [1.54, 1.807) is 90.9 Å². The van der Waals surface area contributed by atoms with E-state index in [0.717, 1.165) is 21.9 Å². The highest BCUT2D eigenvalue weighted by atomic mass is 16.6. The predicted octanol–water partition coefficient (Wildman–Crippen LogP) is 7.84. The lowest BCUT2D eigenvalue weighted by Crippen LogP contribution is -2.57. The predicted molar refractivity (Wildman–Crippen MR) is 201 cm³/mol. The van der Waals surface area contributed by atoms with Gasteiger partial charge in [0.15, 0.2) is 23.7 Å². The van der Waals surface area contributed by atoms with Gasteiger partial charge in [0.05, 0.1) is 0 Å². The number of ether oxygens (including phenoxy) is 3. The van der Waals surface area contributed by atoms with Crippen molar-refractivity contribution in [3.8, 4) is 11.1 Å². The summed E-state index contributed by atoms with van der Waals surface area (Å²) in [4.78, 5) is 80.7. The van der Waals surface area contributed by atoms with E-state index in [2.05, 4.69) is 0 Å². The standard InChI is InChI=1S/C42H50N2O10/c1-25-9-18-33(43(25)38(50)53-40(3,4)5)36(47)52-24-35(46)32-17-16-30-21-29(14-15-31(30)22-32)27-10-12-28(13-11-27)34(45)23-42(37(48)49)20-19-26(2)44(42)39(51)54-41(6,7)8/h10-17,21-22,25-26,33H,9,18-20,23-24H2,1-8H3,(H,48,49)/t25-,26-,33+,42-/m1/s1. The first-order valence-electron chi connectivity index (χ1n) is 18.3. The highest BCUT2D eigenvalue weighted by Gasteiger charge is 2.55. The molecule has 0 unspecified atom stereocenters. The number of fused-ring (bicyclic) bond motifs is 1. The fourth-order valence-electron chi connectivity index (χ4n) is 7.21. The van der Waals surface area contributed by atoms with Crippen molar-refractivity contribution >= 4 is 46.5 Å². The summed E-state index contributed by atoms with van der Waals surface area (Å²) in [6, 6.07) is 16.3. The number of amides is 2. The number of likely N-dealkylation sites (tertiary alicyclic amines) is 2. The maximum atomic E-state index is 13.5. The zero-order valence-electron chi connectivity index (χ0n) is 32.3. The molecule has 5 rings (SSSR count). The van der Waals surface area contributed by atoms with E-state index in [0.29, 0.717) is 30.4 Å². The molecule has 3 aromatic carbocycles. The first-order valence-corrected chi connectivity index (χ1v) is 18.3. The summed E-state index contributed by atoms with van der Waals surface area (Å²) in [7, 11) is 0.